The lowest BCUT2D eigenvalue weighted by Crippen LogP contribution is -2.33. The van der Waals surface area contributed by atoms with Crippen LogP contribution in [0.25, 0.3) is 0 Å². The van der Waals surface area contributed by atoms with Gasteiger partial charge in [0.1, 0.15) is 0 Å². The summed E-state index contributed by atoms with van der Waals surface area (Å²) in [6.45, 7) is 0. The highest BCUT2D eigenvalue weighted by molar-refractivity contribution is 5.96. The lowest BCUT2D eigenvalue weighted by atomic mass is 9.89. The molecule has 0 aliphatic carbocycles. The number of nitrogens with one attached hydrogen (secondary N) is 2. The van der Waals surface area contributed by atoms with E-state index in [2.05, 4.69) is 22.8 Å². The zero-order chi connectivity index (χ0) is 20.8. The third kappa shape index (κ3) is 4.95. The van der Waals surface area contributed by atoms with Crippen LogP contribution in [-0.4, -0.2) is 11.8 Å². The van der Waals surface area contributed by atoms with Crippen molar-refractivity contribution >= 4 is 17.5 Å². The molecule has 2 N–H and O–H groups in total. The van der Waals surface area contributed by atoms with Crippen molar-refractivity contribution in [2.24, 2.45) is 5.92 Å². The van der Waals surface area contributed by atoms with Gasteiger partial charge >= 0.3 is 0 Å². The molecule has 2 atom stereocenters. The maximum Gasteiger partial charge on any atom is 0.227 e. The summed E-state index contributed by atoms with van der Waals surface area (Å²) >= 11 is 0. The van der Waals surface area contributed by atoms with Crippen molar-refractivity contribution in [1.29, 1.82) is 0 Å². The maximum absolute atomic E-state index is 12.8. The summed E-state index contributed by atoms with van der Waals surface area (Å²) in [4.78, 5) is 25.2. The quantitative estimate of drug-likeness (QED) is 0.607. The highest BCUT2D eigenvalue weighted by Gasteiger charge is 2.26. The first-order valence-corrected chi connectivity index (χ1v) is 10.5. The summed E-state index contributed by atoms with van der Waals surface area (Å²) in [6.07, 6.45) is 2.28. The number of anilines is 1. The Balaban J connectivity index is 1.39. The van der Waals surface area contributed by atoms with Crippen LogP contribution in [0.15, 0.2) is 84.9 Å². The Hall–Kier alpha value is -3.40. The maximum atomic E-state index is 12.8. The normalized spacial score (nSPS) is 16.3. The monoisotopic (exact) mass is 398 g/mol. The summed E-state index contributed by atoms with van der Waals surface area (Å²) in [5.41, 5.74) is 4.28. The van der Waals surface area contributed by atoms with Crippen molar-refractivity contribution in [3.05, 3.63) is 102 Å². The molecule has 1 aliphatic heterocycles. The van der Waals surface area contributed by atoms with Gasteiger partial charge < -0.3 is 10.6 Å². The van der Waals surface area contributed by atoms with E-state index in [1.807, 2.05) is 72.8 Å². The van der Waals surface area contributed by atoms with Gasteiger partial charge in [-0.15, -0.1) is 0 Å². The average Bonchev–Trinajstić information content (AvgIpc) is 2.78. The van der Waals surface area contributed by atoms with Gasteiger partial charge in [-0.1, -0.05) is 78.9 Å². The van der Waals surface area contributed by atoms with Crippen LogP contribution in [0, 0.1) is 5.92 Å². The summed E-state index contributed by atoms with van der Waals surface area (Å²) in [5, 5.41) is 6.15. The molecule has 0 aromatic heterocycles. The van der Waals surface area contributed by atoms with Crippen molar-refractivity contribution in [3.8, 4) is 0 Å². The molecule has 4 nitrogen and oxygen atoms in total. The molecule has 0 fully saturated rings. The van der Waals surface area contributed by atoms with Crippen LogP contribution < -0.4 is 10.6 Å². The van der Waals surface area contributed by atoms with Crippen molar-refractivity contribution in [2.75, 3.05) is 5.32 Å². The predicted octanol–water partition coefficient (Wildman–Crippen LogP) is 4.68. The third-order valence-electron chi connectivity index (χ3n) is 5.65. The molecule has 1 heterocycles. The van der Waals surface area contributed by atoms with E-state index in [1.54, 1.807) is 0 Å². The number of para-hydroxylation sites is 1. The van der Waals surface area contributed by atoms with E-state index in [-0.39, 0.29) is 23.8 Å². The van der Waals surface area contributed by atoms with Gasteiger partial charge in [-0.05, 0) is 42.0 Å². The Morgan fingerprint density at radius 3 is 2.37 bits per heavy atom. The van der Waals surface area contributed by atoms with Gasteiger partial charge in [0.05, 0.1) is 6.04 Å². The second kappa shape index (κ2) is 9.40. The van der Waals surface area contributed by atoms with Crippen LogP contribution in [0.5, 0.6) is 0 Å². The molecule has 30 heavy (non-hydrogen) atoms. The molecule has 4 heteroatoms. The zero-order valence-corrected chi connectivity index (χ0v) is 16.9. The molecule has 0 spiro atoms. The standard InChI is InChI=1S/C26H26N2O2/c29-25(16-15-22-18-21-13-7-8-14-23(21)28-26(22)30)27-24(20-11-5-2-6-12-20)17-19-9-3-1-4-10-19/h1-14,22,24H,15-18H2,(H,27,29)(H,28,30)/t22-,24+/m1/s1. The molecule has 2 amide bonds. The van der Waals surface area contributed by atoms with Crippen LogP contribution >= 0.6 is 0 Å². The first-order valence-electron chi connectivity index (χ1n) is 10.5. The van der Waals surface area contributed by atoms with Crippen molar-refractivity contribution in [3.63, 3.8) is 0 Å². The topological polar surface area (TPSA) is 58.2 Å². The Labute approximate surface area is 177 Å². The van der Waals surface area contributed by atoms with Crippen LogP contribution in [0.2, 0.25) is 0 Å². The number of rotatable bonds is 7. The number of fused-ring (bicyclic) bond motifs is 1. The van der Waals surface area contributed by atoms with E-state index >= 15 is 0 Å². The Morgan fingerprint density at radius 2 is 1.60 bits per heavy atom. The van der Waals surface area contributed by atoms with Gasteiger partial charge in [0, 0.05) is 18.0 Å². The van der Waals surface area contributed by atoms with Crippen molar-refractivity contribution in [2.45, 2.75) is 31.7 Å². The van der Waals surface area contributed by atoms with E-state index < -0.39 is 0 Å². The highest BCUT2D eigenvalue weighted by Crippen LogP contribution is 2.27. The minimum atomic E-state index is -0.171. The number of carbonyl (C=O) groups is 2. The summed E-state index contributed by atoms with van der Waals surface area (Å²) in [5.74, 6) is -0.188. The second-order valence-corrected chi connectivity index (χ2v) is 7.81. The molecule has 0 unspecified atom stereocenters. The second-order valence-electron chi connectivity index (χ2n) is 7.81. The average molecular weight is 399 g/mol. The highest BCUT2D eigenvalue weighted by atomic mass is 16.2. The molecular weight excluding hydrogens is 372 g/mol. The van der Waals surface area contributed by atoms with Gasteiger partial charge in [0.2, 0.25) is 11.8 Å². The molecule has 0 saturated heterocycles. The van der Waals surface area contributed by atoms with Gasteiger partial charge in [-0.2, -0.15) is 0 Å². The lowest BCUT2D eigenvalue weighted by Gasteiger charge is -2.25. The van der Waals surface area contributed by atoms with Gasteiger partial charge in [-0.3, -0.25) is 9.59 Å². The molecule has 0 bridgehead atoms. The first kappa shape index (κ1) is 19.9. The van der Waals surface area contributed by atoms with Crippen LogP contribution in [0.3, 0.4) is 0 Å². The van der Waals surface area contributed by atoms with E-state index in [1.165, 1.54) is 5.56 Å². The predicted molar refractivity (Wildman–Crippen MR) is 119 cm³/mol. The number of hydrogen-bond acceptors (Lipinski definition) is 2. The molecular formula is C26H26N2O2. The molecule has 4 rings (SSSR count). The van der Waals surface area contributed by atoms with E-state index in [4.69, 9.17) is 0 Å². The Morgan fingerprint density at radius 1 is 0.933 bits per heavy atom. The zero-order valence-electron chi connectivity index (χ0n) is 16.9. The number of amides is 2. The first-order chi connectivity index (χ1) is 14.7. The number of hydrogen-bond donors (Lipinski definition) is 2. The summed E-state index contributed by atoms with van der Waals surface area (Å²) in [7, 11) is 0. The molecule has 152 valence electrons. The van der Waals surface area contributed by atoms with E-state index in [9.17, 15) is 9.59 Å². The minimum Gasteiger partial charge on any atom is -0.349 e. The van der Waals surface area contributed by atoms with Crippen LogP contribution in [0.4, 0.5) is 5.69 Å². The van der Waals surface area contributed by atoms with Crippen LogP contribution in [0.1, 0.15) is 35.6 Å². The minimum absolute atomic E-state index is 0.00500. The smallest absolute Gasteiger partial charge is 0.227 e. The lowest BCUT2D eigenvalue weighted by molar-refractivity contribution is -0.123. The summed E-state index contributed by atoms with van der Waals surface area (Å²) < 4.78 is 0. The fourth-order valence-electron chi connectivity index (χ4n) is 4.01. The molecule has 3 aromatic carbocycles. The van der Waals surface area contributed by atoms with Gasteiger partial charge in [0.25, 0.3) is 0 Å². The molecule has 1 aliphatic rings. The third-order valence-corrected chi connectivity index (χ3v) is 5.65. The Kier molecular flexibility index (Phi) is 6.23. The largest absolute Gasteiger partial charge is 0.349 e. The fraction of sp³-hybridized carbons (Fsp3) is 0.231. The molecule has 0 radical (unpaired) electrons. The molecule has 3 aromatic rings. The Bertz CT molecular complexity index is 1000. The fourth-order valence-corrected chi connectivity index (χ4v) is 4.01. The number of carbonyl (C=O) groups excluding carboxylic acids is 2. The van der Waals surface area contributed by atoms with Gasteiger partial charge in [-0.25, -0.2) is 0 Å². The van der Waals surface area contributed by atoms with Crippen molar-refractivity contribution < 1.29 is 9.59 Å². The molecule has 0 saturated carbocycles. The van der Waals surface area contributed by atoms with E-state index in [0.29, 0.717) is 19.3 Å². The number of benzene rings is 3. The van der Waals surface area contributed by atoms with Crippen LogP contribution in [-0.2, 0) is 22.4 Å². The SMILES string of the molecule is O=C(CC[C@@H]1Cc2ccccc2NC1=O)N[C@@H](Cc1ccccc1)c1ccccc1. The summed E-state index contributed by atoms with van der Waals surface area (Å²) in [6, 6.07) is 28.0. The van der Waals surface area contributed by atoms with E-state index in [0.717, 1.165) is 23.2 Å². The van der Waals surface area contributed by atoms with Crippen molar-refractivity contribution in [1.82, 2.24) is 5.32 Å². The van der Waals surface area contributed by atoms with Gasteiger partial charge in [0.15, 0.2) is 0 Å².